The van der Waals surface area contributed by atoms with E-state index in [9.17, 15) is 14.4 Å². The second-order valence-electron chi connectivity index (χ2n) is 11.5. The van der Waals surface area contributed by atoms with Gasteiger partial charge in [-0.1, -0.05) is 91.0 Å². The maximum absolute atomic E-state index is 14.7. The van der Waals surface area contributed by atoms with Crippen LogP contribution in [0, 0.1) is 11.8 Å². The summed E-state index contributed by atoms with van der Waals surface area (Å²) in [6, 6.07) is 36.2. The lowest BCUT2D eigenvalue weighted by Crippen LogP contribution is -2.54. The molecular formula is C37H27N3O4. The molecule has 3 amide bonds. The van der Waals surface area contributed by atoms with Crippen LogP contribution in [0.2, 0.25) is 0 Å². The van der Waals surface area contributed by atoms with Gasteiger partial charge in [-0.2, -0.15) is 5.10 Å². The van der Waals surface area contributed by atoms with Crippen LogP contribution in [0.3, 0.4) is 0 Å². The summed E-state index contributed by atoms with van der Waals surface area (Å²) in [6.45, 7) is 0. The number of nitrogens with one attached hydrogen (secondary N) is 1. The first-order valence-electron chi connectivity index (χ1n) is 14.6. The van der Waals surface area contributed by atoms with Crippen molar-refractivity contribution in [3.8, 4) is 5.75 Å². The number of imide groups is 1. The maximum Gasteiger partial charge on any atom is 0.271 e. The van der Waals surface area contributed by atoms with Crippen LogP contribution in [-0.2, 0) is 15.0 Å². The highest BCUT2D eigenvalue weighted by molar-refractivity contribution is 6.27. The summed E-state index contributed by atoms with van der Waals surface area (Å²) in [6.07, 6.45) is 1.67. The van der Waals surface area contributed by atoms with Crippen LogP contribution in [0.25, 0.3) is 10.8 Å². The lowest BCUT2D eigenvalue weighted by atomic mass is 9.47. The van der Waals surface area contributed by atoms with Gasteiger partial charge in [-0.05, 0) is 51.9 Å². The Morgan fingerprint density at radius 2 is 1.48 bits per heavy atom. The number of hydrogen-bond acceptors (Lipinski definition) is 5. The van der Waals surface area contributed by atoms with Crippen LogP contribution in [0.5, 0.6) is 5.75 Å². The molecule has 214 valence electrons. The number of hydrogen-bond donors (Lipinski definition) is 1. The number of hydrazone groups is 1. The van der Waals surface area contributed by atoms with E-state index in [0.29, 0.717) is 17.0 Å². The molecule has 44 heavy (non-hydrogen) atoms. The summed E-state index contributed by atoms with van der Waals surface area (Å²) >= 11 is 0. The Balaban J connectivity index is 1.30. The number of amides is 3. The van der Waals surface area contributed by atoms with Crippen molar-refractivity contribution in [3.05, 3.63) is 143 Å². The molecule has 0 radical (unpaired) electrons. The Morgan fingerprint density at radius 3 is 2.23 bits per heavy atom. The van der Waals surface area contributed by atoms with E-state index in [2.05, 4.69) is 10.5 Å². The van der Waals surface area contributed by atoms with E-state index >= 15 is 0 Å². The molecule has 7 nitrogen and oxygen atoms in total. The highest BCUT2D eigenvalue weighted by Gasteiger charge is 2.68. The smallest absolute Gasteiger partial charge is 0.271 e. The molecule has 4 aliphatic rings. The lowest BCUT2D eigenvalue weighted by molar-refractivity contribution is -0.122. The van der Waals surface area contributed by atoms with E-state index in [4.69, 9.17) is 4.74 Å². The van der Waals surface area contributed by atoms with Crippen LogP contribution >= 0.6 is 0 Å². The standard InChI is InChI=1S/C37H27N3O4/c1-44-24-13-8-12-23(20-24)34(41)39-38-21-37-28-17-6-4-15-26(28)31(27-16-5-7-18-29(27)37)32-33(37)36(43)40(35(32)42)30-19-9-11-22-10-2-3-14-25(22)30/h2-21,31-33H,1H3,(H,39,41)/b38-21-/t31?,32-,33-,37?/m0/s1. The zero-order valence-corrected chi connectivity index (χ0v) is 23.8. The van der Waals surface area contributed by atoms with E-state index in [1.807, 2.05) is 91.0 Å². The summed E-state index contributed by atoms with van der Waals surface area (Å²) in [5, 5.41) is 6.30. The fourth-order valence-corrected chi connectivity index (χ4v) is 7.71. The molecule has 1 N–H and O–H groups in total. The minimum atomic E-state index is -1.08. The van der Waals surface area contributed by atoms with Crippen molar-refractivity contribution in [1.29, 1.82) is 0 Å². The lowest BCUT2D eigenvalue weighted by Gasteiger charge is -2.52. The van der Waals surface area contributed by atoms with Crippen molar-refractivity contribution in [2.75, 3.05) is 12.0 Å². The van der Waals surface area contributed by atoms with E-state index in [1.165, 1.54) is 4.90 Å². The van der Waals surface area contributed by atoms with Gasteiger partial charge in [-0.15, -0.1) is 0 Å². The first-order valence-corrected chi connectivity index (χ1v) is 14.6. The molecule has 5 aromatic carbocycles. The number of ether oxygens (including phenoxy) is 1. The molecule has 0 aromatic heterocycles. The van der Waals surface area contributed by atoms with Crippen molar-refractivity contribution < 1.29 is 19.1 Å². The second-order valence-corrected chi connectivity index (χ2v) is 11.5. The zero-order valence-electron chi connectivity index (χ0n) is 23.8. The average molecular weight is 578 g/mol. The molecule has 0 saturated carbocycles. The molecule has 0 spiro atoms. The Hall–Kier alpha value is -5.56. The first-order chi connectivity index (χ1) is 21.5. The molecule has 1 aliphatic heterocycles. The first kappa shape index (κ1) is 26.1. The van der Waals surface area contributed by atoms with Gasteiger partial charge in [0.2, 0.25) is 11.8 Å². The fraction of sp³-hybridized carbons (Fsp3) is 0.135. The van der Waals surface area contributed by atoms with Crippen molar-refractivity contribution in [2.24, 2.45) is 16.9 Å². The van der Waals surface area contributed by atoms with Gasteiger partial charge >= 0.3 is 0 Å². The average Bonchev–Trinajstić information content (AvgIpc) is 3.34. The predicted octanol–water partition coefficient (Wildman–Crippen LogP) is 5.82. The van der Waals surface area contributed by atoms with E-state index in [1.54, 1.807) is 37.6 Å². The van der Waals surface area contributed by atoms with Crippen molar-refractivity contribution in [3.63, 3.8) is 0 Å². The highest BCUT2D eigenvalue weighted by Crippen LogP contribution is 2.63. The summed E-state index contributed by atoms with van der Waals surface area (Å²) in [5.41, 5.74) is 6.40. The Bertz CT molecular complexity index is 2000. The number of carbonyl (C=O) groups is 3. The van der Waals surface area contributed by atoms with Gasteiger partial charge in [0.05, 0.1) is 30.0 Å². The summed E-state index contributed by atoms with van der Waals surface area (Å²) in [4.78, 5) is 43.8. The van der Waals surface area contributed by atoms with Crippen LogP contribution < -0.4 is 15.1 Å². The van der Waals surface area contributed by atoms with Gasteiger partial charge in [0, 0.05) is 23.1 Å². The molecule has 9 rings (SSSR count). The molecule has 7 heteroatoms. The predicted molar refractivity (Wildman–Crippen MR) is 168 cm³/mol. The third-order valence-electron chi connectivity index (χ3n) is 9.46. The van der Waals surface area contributed by atoms with Crippen molar-refractivity contribution in [1.82, 2.24) is 5.43 Å². The molecule has 2 atom stereocenters. The maximum atomic E-state index is 14.7. The number of benzene rings is 5. The minimum absolute atomic E-state index is 0.219. The summed E-state index contributed by atoms with van der Waals surface area (Å²) in [7, 11) is 1.54. The van der Waals surface area contributed by atoms with Gasteiger partial charge in [-0.25, -0.2) is 10.3 Å². The zero-order chi connectivity index (χ0) is 30.0. The second kappa shape index (κ2) is 9.74. The Labute approximate surface area is 253 Å². The highest BCUT2D eigenvalue weighted by atomic mass is 16.5. The van der Waals surface area contributed by atoms with Crippen LogP contribution in [0.4, 0.5) is 5.69 Å². The molecule has 0 unspecified atom stereocenters. The molecule has 2 bridgehead atoms. The molecule has 1 heterocycles. The van der Waals surface area contributed by atoms with Gasteiger partial charge in [0.1, 0.15) is 5.75 Å². The SMILES string of the molecule is COc1cccc(C(=O)N/N=C\C23c4ccccc4C(c4ccccc42)[C@@H]2C(=O)N(c4cccc5ccccc45)C(=O)[C@H]23)c1. The fourth-order valence-electron chi connectivity index (χ4n) is 7.71. The Morgan fingerprint density at radius 1 is 0.818 bits per heavy atom. The molecule has 1 fully saturated rings. The van der Waals surface area contributed by atoms with E-state index in [0.717, 1.165) is 33.0 Å². The number of methoxy groups -OCH3 is 1. The number of nitrogens with zero attached hydrogens (tertiary/aromatic N) is 2. The van der Waals surface area contributed by atoms with Crippen LogP contribution in [-0.4, -0.2) is 31.0 Å². The van der Waals surface area contributed by atoms with Gasteiger partial charge < -0.3 is 4.74 Å². The van der Waals surface area contributed by atoms with Crippen molar-refractivity contribution in [2.45, 2.75) is 11.3 Å². The molecule has 1 saturated heterocycles. The van der Waals surface area contributed by atoms with Crippen LogP contribution in [0.1, 0.15) is 38.5 Å². The summed E-state index contributed by atoms with van der Waals surface area (Å²) in [5.74, 6) is -2.01. The summed E-state index contributed by atoms with van der Waals surface area (Å²) < 4.78 is 5.27. The van der Waals surface area contributed by atoms with Gasteiger partial charge in [-0.3, -0.25) is 14.4 Å². The minimum Gasteiger partial charge on any atom is -0.497 e. The Kier molecular flexibility index (Phi) is 5.78. The molecular weight excluding hydrogens is 550 g/mol. The normalized spacial score (nSPS) is 23.0. The van der Waals surface area contributed by atoms with Crippen molar-refractivity contribution >= 4 is 40.4 Å². The monoisotopic (exact) mass is 577 g/mol. The third-order valence-corrected chi connectivity index (χ3v) is 9.46. The largest absolute Gasteiger partial charge is 0.497 e. The van der Waals surface area contributed by atoms with Crippen LogP contribution in [0.15, 0.2) is 120 Å². The quantitative estimate of drug-likeness (QED) is 0.162. The number of fused-ring (bicyclic) bond motifs is 1. The topological polar surface area (TPSA) is 88.1 Å². The van der Waals surface area contributed by atoms with Gasteiger partial charge in [0.25, 0.3) is 5.91 Å². The molecule has 5 aromatic rings. The van der Waals surface area contributed by atoms with E-state index in [-0.39, 0.29) is 17.7 Å². The number of anilines is 1. The number of carbonyl (C=O) groups excluding carboxylic acids is 3. The molecule has 3 aliphatic carbocycles. The number of rotatable bonds is 5. The van der Waals surface area contributed by atoms with Gasteiger partial charge in [0.15, 0.2) is 0 Å². The van der Waals surface area contributed by atoms with E-state index < -0.39 is 23.2 Å². The third kappa shape index (κ3) is 3.49.